The molecule has 0 heterocycles. The van der Waals surface area contributed by atoms with Crippen molar-refractivity contribution in [3.63, 3.8) is 0 Å². The van der Waals surface area contributed by atoms with Gasteiger partial charge >= 0.3 is 0 Å². The van der Waals surface area contributed by atoms with Crippen LogP contribution in [0.1, 0.15) is 24.0 Å². The Bertz CT molecular complexity index is 520. The van der Waals surface area contributed by atoms with Crippen molar-refractivity contribution < 1.29 is 0 Å². The van der Waals surface area contributed by atoms with Crippen molar-refractivity contribution in [2.24, 2.45) is 0 Å². The lowest BCUT2D eigenvalue weighted by atomic mass is 10.00. The summed E-state index contributed by atoms with van der Waals surface area (Å²) in [5.41, 5.74) is 4.10. The van der Waals surface area contributed by atoms with Crippen molar-refractivity contribution in [2.45, 2.75) is 19.3 Å². The first-order chi connectivity index (χ1) is 9.38. The minimum atomic E-state index is 0.960. The van der Waals surface area contributed by atoms with E-state index in [1.54, 1.807) is 0 Å². The van der Waals surface area contributed by atoms with Gasteiger partial charge in [-0.3, -0.25) is 0 Å². The van der Waals surface area contributed by atoms with Gasteiger partial charge in [0.15, 0.2) is 0 Å². The molecule has 0 bridgehead atoms. The molecule has 0 unspecified atom stereocenters. The van der Waals surface area contributed by atoms with Gasteiger partial charge in [-0.25, -0.2) is 0 Å². The summed E-state index contributed by atoms with van der Waals surface area (Å²) in [4.78, 5) is 0. The first-order valence-corrected chi connectivity index (χ1v) is 6.78. The molecule has 0 N–H and O–H groups in total. The summed E-state index contributed by atoms with van der Waals surface area (Å²) in [7, 11) is 0. The average molecular weight is 248 g/mol. The molecule has 96 valence electrons. The molecule has 0 nitrogen and oxygen atoms in total. The van der Waals surface area contributed by atoms with Crippen LogP contribution in [0.5, 0.6) is 0 Å². The minimum Gasteiger partial charge on any atom is -0.103 e. The highest BCUT2D eigenvalue weighted by Gasteiger charge is 1.98. The molecule has 0 aliphatic heterocycles. The predicted molar refractivity (Wildman–Crippen MR) is 84.0 cm³/mol. The lowest BCUT2D eigenvalue weighted by Gasteiger charge is -2.06. The molecule has 0 aromatic heterocycles. The van der Waals surface area contributed by atoms with Gasteiger partial charge in [0.25, 0.3) is 0 Å². The van der Waals surface area contributed by atoms with E-state index in [9.17, 15) is 0 Å². The molecule has 0 aliphatic carbocycles. The molecule has 0 aliphatic rings. The highest BCUT2D eigenvalue weighted by Crippen LogP contribution is 2.16. The van der Waals surface area contributed by atoms with Crippen LogP contribution < -0.4 is 0 Å². The summed E-state index contributed by atoms with van der Waals surface area (Å²) in [5.74, 6) is 0. The fourth-order valence-corrected chi connectivity index (χ4v) is 2.15. The second-order valence-electron chi connectivity index (χ2n) is 4.69. The van der Waals surface area contributed by atoms with Gasteiger partial charge in [-0.2, -0.15) is 0 Å². The monoisotopic (exact) mass is 248 g/mol. The fraction of sp³-hybridized carbons (Fsp3) is 0.158. The van der Waals surface area contributed by atoms with Crippen LogP contribution in [0.3, 0.4) is 0 Å². The Labute approximate surface area is 116 Å². The lowest BCUT2D eigenvalue weighted by molar-refractivity contribution is 0.919. The second-order valence-corrected chi connectivity index (χ2v) is 4.69. The first-order valence-electron chi connectivity index (χ1n) is 6.78. The molecule has 2 rings (SSSR count). The molecule has 0 radical (unpaired) electrons. The molecule has 2 aromatic rings. The van der Waals surface area contributed by atoms with Crippen molar-refractivity contribution in [2.75, 3.05) is 0 Å². The Morgan fingerprint density at radius 2 is 1.53 bits per heavy atom. The largest absolute Gasteiger partial charge is 0.103 e. The molecule has 2 aromatic carbocycles. The van der Waals surface area contributed by atoms with Gasteiger partial charge in [0.05, 0.1) is 0 Å². The van der Waals surface area contributed by atoms with Crippen LogP contribution in [0.25, 0.3) is 6.08 Å². The normalized spacial score (nSPS) is 11.3. The Morgan fingerprint density at radius 1 is 0.895 bits per heavy atom. The Morgan fingerprint density at radius 3 is 2.16 bits per heavy atom. The maximum absolute atomic E-state index is 3.86. The number of allylic oxidation sites excluding steroid dienone is 2. The van der Waals surface area contributed by atoms with Crippen molar-refractivity contribution >= 4 is 6.08 Å². The van der Waals surface area contributed by atoms with Gasteiger partial charge < -0.3 is 0 Å². The molecule has 19 heavy (non-hydrogen) atoms. The third-order valence-corrected chi connectivity index (χ3v) is 3.15. The molecule has 0 amide bonds. The van der Waals surface area contributed by atoms with E-state index in [1.165, 1.54) is 16.7 Å². The smallest absolute Gasteiger partial charge is 0.0138 e. The number of hydrogen-bond donors (Lipinski definition) is 0. The number of aryl methyl sites for hydroxylation is 1. The SMILES string of the molecule is C=CC/C(=C/c1ccccc1)CCc1ccccc1. The first kappa shape index (κ1) is 13.4. The quantitative estimate of drug-likeness (QED) is 0.610. The highest BCUT2D eigenvalue weighted by molar-refractivity contribution is 5.53. The Hall–Kier alpha value is -2.08. The van der Waals surface area contributed by atoms with Gasteiger partial charge in [-0.05, 0) is 30.4 Å². The Balaban J connectivity index is 2.04. The summed E-state index contributed by atoms with van der Waals surface area (Å²) in [5, 5.41) is 0. The van der Waals surface area contributed by atoms with E-state index in [4.69, 9.17) is 0 Å². The van der Waals surface area contributed by atoms with Crippen LogP contribution >= 0.6 is 0 Å². The third-order valence-electron chi connectivity index (χ3n) is 3.15. The van der Waals surface area contributed by atoms with E-state index >= 15 is 0 Å². The second kappa shape index (κ2) is 7.38. The van der Waals surface area contributed by atoms with Crippen molar-refractivity contribution in [3.05, 3.63) is 90.0 Å². The minimum absolute atomic E-state index is 0.960. The third kappa shape index (κ3) is 4.59. The Kier molecular flexibility index (Phi) is 5.18. The van der Waals surface area contributed by atoms with Gasteiger partial charge in [0.2, 0.25) is 0 Å². The van der Waals surface area contributed by atoms with Crippen LogP contribution in [-0.4, -0.2) is 0 Å². The zero-order chi connectivity index (χ0) is 13.3. The zero-order valence-electron chi connectivity index (χ0n) is 11.3. The van der Waals surface area contributed by atoms with E-state index in [-0.39, 0.29) is 0 Å². The predicted octanol–water partition coefficient (Wildman–Crippen LogP) is 5.28. The van der Waals surface area contributed by atoms with Gasteiger partial charge in [-0.15, -0.1) is 6.58 Å². The molecule has 0 atom stereocenters. The fourth-order valence-electron chi connectivity index (χ4n) is 2.15. The van der Waals surface area contributed by atoms with E-state index < -0.39 is 0 Å². The van der Waals surface area contributed by atoms with Crippen LogP contribution in [-0.2, 0) is 6.42 Å². The van der Waals surface area contributed by atoms with E-state index in [2.05, 4.69) is 73.3 Å². The summed E-state index contributed by atoms with van der Waals surface area (Å²) >= 11 is 0. The van der Waals surface area contributed by atoms with E-state index in [1.807, 2.05) is 6.08 Å². The van der Waals surface area contributed by atoms with Crippen LogP contribution in [0.15, 0.2) is 78.9 Å². The maximum Gasteiger partial charge on any atom is -0.0138 e. The summed E-state index contributed by atoms with van der Waals surface area (Å²) in [6.45, 7) is 3.86. The van der Waals surface area contributed by atoms with E-state index in [0.717, 1.165) is 19.3 Å². The molecule has 0 saturated heterocycles. The van der Waals surface area contributed by atoms with Gasteiger partial charge in [-0.1, -0.05) is 78.4 Å². The van der Waals surface area contributed by atoms with Crippen LogP contribution in [0, 0.1) is 0 Å². The summed E-state index contributed by atoms with van der Waals surface area (Å²) in [6, 6.07) is 21.1. The summed E-state index contributed by atoms with van der Waals surface area (Å²) < 4.78 is 0. The molecule has 0 saturated carbocycles. The van der Waals surface area contributed by atoms with Crippen molar-refractivity contribution in [1.29, 1.82) is 0 Å². The average Bonchev–Trinajstić information content (AvgIpc) is 2.47. The zero-order valence-corrected chi connectivity index (χ0v) is 11.3. The van der Waals surface area contributed by atoms with Gasteiger partial charge in [0, 0.05) is 0 Å². The van der Waals surface area contributed by atoms with Crippen molar-refractivity contribution in [3.8, 4) is 0 Å². The topological polar surface area (TPSA) is 0 Å². The number of benzene rings is 2. The molecule has 0 heteroatoms. The number of hydrogen-bond acceptors (Lipinski definition) is 0. The molecule has 0 spiro atoms. The maximum atomic E-state index is 3.86. The van der Waals surface area contributed by atoms with Crippen LogP contribution in [0.2, 0.25) is 0 Å². The van der Waals surface area contributed by atoms with Crippen LogP contribution in [0.4, 0.5) is 0 Å². The lowest BCUT2D eigenvalue weighted by Crippen LogP contribution is -1.89. The molecular formula is C19H20. The van der Waals surface area contributed by atoms with Crippen molar-refractivity contribution in [1.82, 2.24) is 0 Å². The number of rotatable bonds is 6. The summed E-state index contributed by atoms with van der Waals surface area (Å²) in [6.07, 6.45) is 7.41. The molecular weight excluding hydrogens is 228 g/mol. The van der Waals surface area contributed by atoms with E-state index in [0.29, 0.717) is 0 Å². The molecule has 0 fully saturated rings. The van der Waals surface area contributed by atoms with Gasteiger partial charge in [0.1, 0.15) is 0 Å². The highest BCUT2D eigenvalue weighted by atomic mass is 14.0. The standard InChI is InChI=1S/C19H20/c1-2-9-18(16-19-12-7-4-8-13-19)15-14-17-10-5-3-6-11-17/h2-8,10-13,16H,1,9,14-15H2/b18-16-.